The summed E-state index contributed by atoms with van der Waals surface area (Å²) in [6.45, 7) is 0.761. The Morgan fingerprint density at radius 1 is 1.17 bits per heavy atom. The van der Waals surface area contributed by atoms with Gasteiger partial charge in [-0.15, -0.1) is 0 Å². The molecule has 2 atom stereocenters. The Bertz CT molecular complexity index is 1220. The fraction of sp³-hybridized carbons (Fsp3) is 0.238. The molecule has 2 unspecified atom stereocenters. The van der Waals surface area contributed by atoms with Crippen molar-refractivity contribution in [2.24, 2.45) is 0 Å². The summed E-state index contributed by atoms with van der Waals surface area (Å²) in [6.07, 6.45) is 10.5. The smallest absolute Gasteiger partial charge is 0.218 e. The van der Waals surface area contributed by atoms with Crippen molar-refractivity contribution in [2.75, 3.05) is 6.26 Å². The summed E-state index contributed by atoms with van der Waals surface area (Å²) >= 11 is 0. The summed E-state index contributed by atoms with van der Waals surface area (Å²) in [7, 11) is -1.30. The third-order valence-electron chi connectivity index (χ3n) is 5.28. The van der Waals surface area contributed by atoms with E-state index in [9.17, 15) is 8.60 Å². The third-order valence-corrected chi connectivity index (χ3v) is 5.99. The Hall–Kier alpha value is -3.20. The lowest BCUT2D eigenvalue weighted by molar-refractivity contribution is 0.451. The van der Waals surface area contributed by atoms with Crippen molar-refractivity contribution >= 4 is 10.8 Å². The number of nitrogens with zero attached hydrogens (tertiary/aromatic N) is 6. The van der Waals surface area contributed by atoms with Crippen LogP contribution in [0.4, 0.5) is 4.39 Å². The molecule has 152 valence electrons. The highest BCUT2D eigenvalue weighted by Gasteiger charge is 2.31. The Labute approximate surface area is 175 Å². The maximum absolute atomic E-state index is 13.5. The van der Waals surface area contributed by atoms with Gasteiger partial charge in [-0.05, 0) is 36.8 Å². The molecule has 1 aliphatic rings. The number of aryl methyl sites for hydroxylation is 1. The zero-order valence-electron chi connectivity index (χ0n) is 16.3. The average Bonchev–Trinajstić information content (AvgIpc) is 3.47. The lowest BCUT2D eigenvalue weighted by Gasteiger charge is -2.18. The van der Waals surface area contributed by atoms with E-state index in [2.05, 4.69) is 19.5 Å². The van der Waals surface area contributed by atoms with E-state index in [0.29, 0.717) is 5.69 Å². The molecule has 0 N–H and O–H groups in total. The molecule has 0 radical (unpaired) electrons. The van der Waals surface area contributed by atoms with Crippen LogP contribution in [-0.4, -0.2) is 39.5 Å². The molecule has 0 aliphatic carbocycles. The van der Waals surface area contributed by atoms with Gasteiger partial charge in [-0.1, -0.05) is 0 Å². The number of fused-ring (bicyclic) bond motifs is 1. The number of imidazole rings is 2. The molecule has 4 heterocycles. The van der Waals surface area contributed by atoms with Gasteiger partial charge in [0.05, 0.1) is 40.3 Å². The first-order chi connectivity index (χ1) is 14.6. The van der Waals surface area contributed by atoms with Crippen molar-refractivity contribution in [2.45, 2.75) is 30.6 Å². The van der Waals surface area contributed by atoms with E-state index in [1.807, 2.05) is 10.8 Å². The van der Waals surface area contributed by atoms with Crippen LogP contribution in [0.15, 0.2) is 60.4 Å². The van der Waals surface area contributed by atoms with Gasteiger partial charge >= 0.3 is 0 Å². The molecule has 1 aromatic carbocycles. The second-order valence-electron chi connectivity index (χ2n) is 7.23. The van der Waals surface area contributed by atoms with Crippen molar-refractivity contribution in [3.63, 3.8) is 0 Å². The Kier molecular flexibility index (Phi) is 4.74. The molecule has 1 aliphatic heterocycles. The van der Waals surface area contributed by atoms with Gasteiger partial charge in [-0.3, -0.25) is 4.21 Å². The van der Waals surface area contributed by atoms with Crippen molar-refractivity contribution in [3.05, 3.63) is 66.9 Å². The van der Waals surface area contributed by atoms with Crippen LogP contribution in [-0.2, 0) is 23.8 Å². The quantitative estimate of drug-likeness (QED) is 0.461. The third kappa shape index (κ3) is 3.35. The molecule has 0 fully saturated rings. The molecule has 7 nitrogen and oxygen atoms in total. The number of hydrogen-bond donors (Lipinski definition) is 0. The molecule has 0 bridgehead atoms. The van der Waals surface area contributed by atoms with E-state index in [0.717, 1.165) is 42.2 Å². The maximum Gasteiger partial charge on any atom is 0.218 e. The molecule has 0 saturated carbocycles. The summed E-state index contributed by atoms with van der Waals surface area (Å²) in [5, 5.41) is 0.275. The predicted molar refractivity (Wildman–Crippen MR) is 111 cm³/mol. The predicted octanol–water partition coefficient (Wildman–Crippen LogP) is 3.27. The summed E-state index contributed by atoms with van der Waals surface area (Å²) < 4.78 is 29.8. The van der Waals surface area contributed by atoms with Gasteiger partial charge in [0.25, 0.3) is 0 Å². The number of hydrogen-bond acceptors (Lipinski definition) is 5. The second kappa shape index (κ2) is 7.56. The van der Waals surface area contributed by atoms with Crippen LogP contribution < -0.4 is 0 Å². The SMILES string of the molecule is CS(=O)c1nccc(-c2c(-c3ccc(F)cc3)nc3n2C(Cn2ccnc2)CC3)n1. The molecule has 3 aromatic heterocycles. The van der Waals surface area contributed by atoms with E-state index >= 15 is 0 Å². The number of benzene rings is 1. The molecule has 5 rings (SSSR count). The lowest BCUT2D eigenvalue weighted by Crippen LogP contribution is -2.13. The van der Waals surface area contributed by atoms with Gasteiger partial charge in [0, 0.05) is 43.4 Å². The van der Waals surface area contributed by atoms with Crippen molar-refractivity contribution in [1.29, 1.82) is 0 Å². The molecule has 9 heteroatoms. The lowest BCUT2D eigenvalue weighted by atomic mass is 10.1. The molecule has 4 aromatic rings. The standard InChI is InChI=1S/C21H19FN6OS/c1-30(29)21-24-9-8-17(25-21)20-19(14-2-4-15(22)5-3-14)26-18-7-6-16(28(18)20)12-27-11-10-23-13-27/h2-5,8-11,13,16H,6-7,12H2,1H3. The van der Waals surface area contributed by atoms with E-state index < -0.39 is 10.8 Å². The van der Waals surface area contributed by atoms with Gasteiger partial charge in [0.1, 0.15) is 11.6 Å². The fourth-order valence-corrected chi connectivity index (χ4v) is 4.39. The Morgan fingerprint density at radius 2 is 2.00 bits per heavy atom. The molecule has 0 saturated heterocycles. The molecule has 0 spiro atoms. The molecule has 0 amide bonds. The Morgan fingerprint density at radius 3 is 2.73 bits per heavy atom. The summed E-state index contributed by atoms with van der Waals surface area (Å²) in [5.74, 6) is 0.669. The van der Waals surface area contributed by atoms with Crippen LogP contribution in [0.2, 0.25) is 0 Å². The van der Waals surface area contributed by atoms with Crippen LogP contribution in [0.25, 0.3) is 22.6 Å². The van der Waals surface area contributed by atoms with Gasteiger partial charge < -0.3 is 9.13 Å². The first kappa shape index (κ1) is 18.8. The summed E-state index contributed by atoms with van der Waals surface area (Å²) in [6, 6.07) is 8.29. The van der Waals surface area contributed by atoms with Crippen molar-refractivity contribution in [1.82, 2.24) is 29.1 Å². The van der Waals surface area contributed by atoms with Crippen LogP contribution in [0, 0.1) is 5.82 Å². The van der Waals surface area contributed by atoms with Crippen molar-refractivity contribution < 1.29 is 8.60 Å². The van der Waals surface area contributed by atoms with E-state index in [-0.39, 0.29) is 17.0 Å². The number of halogens is 1. The van der Waals surface area contributed by atoms with Gasteiger partial charge in [-0.2, -0.15) is 0 Å². The van der Waals surface area contributed by atoms with E-state index in [1.54, 1.807) is 43.2 Å². The highest BCUT2D eigenvalue weighted by molar-refractivity contribution is 7.84. The second-order valence-corrected chi connectivity index (χ2v) is 8.51. The minimum absolute atomic E-state index is 0.177. The van der Waals surface area contributed by atoms with Crippen LogP contribution in [0.1, 0.15) is 18.3 Å². The summed E-state index contributed by atoms with van der Waals surface area (Å²) in [5.41, 5.74) is 3.05. The monoisotopic (exact) mass is 422 g/mol. The highest BCUT2D eigenvalue weighted by atomic mass is 32.2. The minimum Gasteiger partial charge on any atom is -0.335 e. The zero-order valence-corrected chi connectivity index (χ0v) is 17.1. The average molecular weight is 422 g/mol. The molecular weight excluding hydrogens is 403 g/mol. The maximum atomic E-state index is 13.5. The van der Waals surface area contributed by atoms with Gasteiger partial charge in [0.15, 0.2) is 0 Å². The normalized spacial score (nSPS) is 16.5. The van der Waals surface area contributed by atoms with E-state index in [1.165, 1.54) is 12.1 Å². The van der Waals surface area contributed by atoms with Gasteiger partial charge in [0.2, 0.25) is 5.16 Å². The topological polar surface area (TPSA) is 78.5 Å². The van der Waals surface area contributed by atoms with E-state index in [4.69, 9.17) is 4.98 Å². The molecule has 30 heavy (non-hydrogen) atoms. The summed E-state index contributed by atoms with van der Waals surface area (Å²) in [4.78, 5) is 17.7. The van der Waals surface area contributed by atoms with Crippen molar-refractivity contribution in [3.8, 4) is 22.6 Å². The first-order valence-corrected chi connectivity index (χ1v) is 11.2. The largest absolute Gasteiger partial charge is 0.335 e. The van der Waals surface area contributed by atoms with Crippen LogP contribution in [0.3, 0.4) is 0 Å². The minimum atomic E-state index is -1.30. The Balaban J connectivity index is 1.68. The number of rotatable bonds is 5. The fourth-order valence-electron chi connectivity index (χ4n) is 3.95. The number of aromatic nitrogens is 6. The molecular formula is C21H19FN6OS. The van der Waals surface area contributed by atoms with Crippen LogP contribution in [0.5, 0.6) is 0 Å². The first-order valence-electron chi connectivity index (χ1n) is 9.60. The van der Waals surface area contributed by atoms with Gasteiger partial charge in [-0.25, -0.2) is 24.3 Å². The highest BCUT2D eigenvalue weighted by Crippen LogP contribution is 2.39. The zero-order chi connectivity index (χ0) is 20.7. The van der Waals surface area contributed by atoms with Crippen LogP contribution >= 0.6 is 0 Å².